The van der Waals surface area contributed by atoms with E-state index in [1.165, 1.54) is 19.2 Å². The predicted molar refractivity (Wildman–Crippen MR) is 109 cm³/mol. The van der Waals surface area contributed by atoms with Gasteiger partial charge < -0.3 is 9.47 Å². The first kappa shape index (κ1) is 21.5. The van der Waals surface area contributed by atoms with Gasteiger partial charge in [0.1, 0.15) is 6.07 Å². The number of ether oxygens (including phenoxy) is 2. The maximum Gasteiger partial charge on any atom is 0.387 e. The van der Waals surface area contributed by atoms with Gasteiger partial charge in [0.2, 0.25) is 0 Å². The van der Waals surface area contributed by atoms with Crippen molar-refractivity contribution >= 4 is 11.6 Å². The van der Waals surface area contributed by atoms with Gasteiger partial charge in [-0.1, -0.05) is 6.07 Å². The number of nitrogens with zero attached hydrogens (tertiary/aromatic N) is 5. The Morgan fingerprint density at radius 2 is 2.06 bits per heavy atom. The van der Waals surface area contributed by atoms with Crippen LogP contribution in [0.3, 0.4) is 0 Å². The summed E-state index contributed by atoms with van der Waals surface area (Å²) in [5.41, 5.74) is 2.48. The average Bonchev–Trinajstić information content (AvgIpc) is 3.19. The molecule has 0 aliphatic rings. The number of rotatable bonds is 8. The third-order valence-electron chi connectivity index (χ3n) is 4.26. The molecular weight excluding hydrogens is 404 g/mol. The molecule has 0 N–H and O–H groups in total. The number of aryl methyl sites for hydroxylation is 1. The highest BCUT2D eigenvalue weighted by Crippen LogP contribution is 2.35. The summed E-state index contributed by atoms with van der Waals surface area (Å²) >= 11 is 0. The summed E-state index contributed by atoms with van der Waals surface area (Å²) in [6.07, 6.45) is 5.19. The van der Waals surface area contributed by atoms with Gasteiger partial charge in [-0.05, 0) is 36.4 Å². The maximum absolute atomic E-state index is 12.6. The van der Waals surface area contributed by atoms with Crippen LogP contribution in [0.4, 0.5) is 8.78 Å². The van der Waals surface area contributed by atoms with E-state index in [1.807, 2.05) is 0 Å². The van der Waals surface area contributed by atoms with Gasteiger partial charge in [-0.2, -0.15) is 24.4 Å². The van der Waals surface area contributed by atoms with Crippen LogP contribution in [-0.4, -0.2) is 28.5 Å². The molecule has 3 rings (SSSR count). The summed E-state index contributed by atoms with van der Waals surface area (Å²) in [4.78, 5) is 4.20. The molecule has 0 fully saturated rings. The SMILES string of the molecule is COc1cc(-c2nn(CCC#N)cc2C=C(C#N)c2ccccn2)ccc1OC(F)F. The molecule has 1 aromatic carbocycles. The van der Waals surface area contributed by atoms with Crippen molar-refractivity contribution in [3.8, 4) is 34.9 Å². The molecule has 7 nitrogen and oxygen atoms in total. The van der Waals surface area contributed by atoms with Crippen molar-refractivity contribution in [2.75, 3.05) is 7.11 Å². The Balaban J connectivity index is 2.10. The average molecular weight is 421 g/mol. The van der Waals surface area contributed by atoms with Gasteiger partial charge in [0.05, 0.1) is 43.1 Å². The molecule has 0 aliphatic heterocycles. The number of pyridine rings is 1. The Morgan fingerprint density at radius 3 is 2.71 bits per heavy atom. The molecule has 0 aliphatic carbocycles. The van der Waals surface area contributed by atoms with Crippen molar-refractivity contribution in [2.24, 2.45) is 0 Å². The number of benzene rings is 1. The molecule has 3 aromatic rings. The summed E-state index contributed by atoms with van der Waals surface area (Å²) in [6.45, 7) is -2.63. The van der Waals surface area contributed by atoms with Crippen molar-refractivity contribution in [1.82, 2.24) is 14.8 Å². The number of alkyl halides is 2. The number of allylic oxidation sites excluding steroid dienone is 1. The van der Waals surface area contributed by atoms with Crippen LogP contribution in [0.5, 0.6) is 11.5 Å². The lowest BCUT2D eigenvalue weighted by Crippen LogP contribution is -2.03. The van der Waals surface area contributed by atoms with E-state index in [-0.39, 0.29) is 17.9 Å². The lowest BCUT2D eigenvalue weighted by atomic mass is 10.0. The highest BCUT2D eigenvalue weighted by atomic mass is 19.3. The third-order valence-corrected chi connectivity index (χ3v) is 4.26. The minimum absolute atomic E-state index is 0.103. The Hall–Kier alpha value is -4.24. The highest BCUT2D eigenvalue weighted by molar-refractivity contribution is 5.91. The predicted octanol–water partition coefficient (Wildman–Crippen LogP) is 4.53. The smallest absolute Gasteiger partial charge is 0.387 e. The summed E-state index contributed by atoms with van der Waals surface area (Å²) in [6, 6.07) is 13.9. The summed E-state index contributed by atoms with van der Waals surface area (Å²) in [5.74, 6) is 0.0120. The molecule has 156 valence electrons. The standard InChI is InChI=1S/C22H17F2N5O2/c1-30-20-12-15(6-7-19(20)31-22(23)24)21-17(14-29(28-21)10-4-8-25)11-16(13-26)18-5-2-3-9-27-18/h2-3,5-7,9,11-12,14,22H,4,10H2,1H3. The normalized spacial score (nSPS) is 11.1. The Kier molecular flexibility index (Phi) is 6.92. The first-order valence-electron chi connectivity index (χ1n) is 9.16. The van der Waals surface area contributed by atoms with Gasteiger partial charge in [0.25, 0.3) is 0 Å². The van der Waals surface area contributed by atoms with Crippen molar-refractivity contribution in [2.45, 2.75) is 19.6 Å². The molecule has 2 aromatic heterocycles. The van der Waals surface area contributed by atoms with E-state index in [0.29, 0.717) is 34.6 Å². The maximum atomic E-state index is 12.6. The number of aromatic nitrogens is 3. The molecule has 0 amide bonds. The Morgan fingerprint density at radius 1 is 1.23 bits per heavy atom. The van der Waals surface area contributed by atoms with E-state index in [1.54, 1.807) is 47.4 Å². The van der Waals surface area contributed by atoms with Gasteiger partial charge in [-0.3, -0.25) is 9.67 Å². The zero-order valence-electron chi connectivity index (χ0n) is 16.5. The van der Waals surface area contributed by atoms with Crippen LogP contribution in [0.25, 0.3) is 22.9 Å². The molecule has 0 unspecified atom stereocenters. The Labute approximate surface area is 177 Å². The van der Waals surface area contributed by atoms with Crippen LogP contribution < -0.4 is 9.47 Å². The van der Waals surface area contributed by atoms with E-state index in [4.69, 9.17) is 10.00 Å². The van der Waals surface area contributed by atoms with Crippen molar-refractivity contribution in [3.05, 3.63) is 60.0 Å². The minimum Gasteiger partial charge on any atom is -0.493 e. The fourth-order valence-electron chi connectivity index (χ4n) is 2.90. The number of halogens is 2. The molecule has 0 radical (unpaired) electrons. The monoisotopic (exact) mass is 421 g/mol. The zero-order valence-corrected chi connectivity index (χ0v) is 16.5. The van der Waals surface area contributed by atoms with Crippen molar-refractivity contribution in [1.29, 1.82) is 10.5 Å². The van der Waals surface area contributed by atoms with Gasteiger partial charge in [0, 0.05) is 23.5 Å². The summed E-state index contributed by atoms with van der Waals surface area (Å²) in [7, 11) is 1.35. The second-order valence-corrected chi connectivity index (χ2v) is 6.23. The molecule has 0 bridgehead atoms. The van der Waals surface area contributed by atoms with Crippen LogP contribution in [0.2, 0.25) is 0 Å². The van der Waals surface area contributed by atoms with Gasteiger partial charge in [-0.25, -0.2) is 0 Å². The summed E-state index contributed by atoms with van der Waals surface area (Å²) < 4.78 is 36.5. The van der Waals surface area contributed by atoms with Crippen LogP contribution in [-0.2, 0) is 6.54 Å². The molecule has 0 atom stereocenters. The lowest BCUT2D eigenvalue weighted by Gasteiger charge is -2.11. The van der Waals surface area contributed by atoms with Crippen LogP contribution >= 0.6 is 0 Å². The van der Waals surface area contributed by atoms with Gasteiger partial charge in [0.15, 0.2) is 11.5 Å². The minimum atomic E-state index is -2.99. The van der Waals surface area contributed by atoms with Crippen LogP contribution in [0.1, 0.15) is 17.7 Å². The zero-order chi connectivity index (χ0) is 22.2. The lowest BCUT2D eigenvalue weighted by molar-refractivity contribution is -0.0512. The van der Waals surface area contributed by atoms with E-state index in [0.717, 1.165) is 0 Å². The molecule has 9 heteroatoms. The molecule has 31 heavy (non-hydrogen) atoms. The third kappa shape index (κ3) is 5.22. The number of methoxy groups -OCH3 is 1. The number of nitriles is 2. The highest BCUT2D eigenvalue weighted by Gasteiger charge is 2.16. The molecular formula is C22H17F2N5O2. The fourth-order valence-corrected chi connectivity index (χ4v) is 2.90. The fraction of sp³-hybridized carbons (Fsp3) is 0.182. The second kappa shape index (κ2) is 9.99. The van der Waals surface area contributed by atoms with Crippen molar-refractivity contribution < 1.29 is 18.3 Å². The topological polar surface area (TPSA) is 96.8 Å². The van der Waals surface area contributed by atoms with E-state index in [9.17, 15) is 14.0 Å². The largest absolute Gasteiger partial charge is 0.493 e. The van der Waals surface area contributed by atoms with Gasteiger partial charge >= 0.3 is 6.61 Å². The van der Waals surface area contributed by atoms with E-state index < -0.39 is 6.61 Å². The summed E-state index contributed by atoms with van der Waals surface area (Å²) in [5, 5.41) is 23.0. The molecule has 0 spiro atoms. The first-order valence-corrected chi connectivity index (χ1v) is 9.16. The van der Waals surface area contributed by atoms with E-state index >= 15 is 0 Å². The molecule has 0 saturated heterocycles. The quantitative estimate of drug-likeness (QED) is 0.496. The second-order valence-electron chi connectivity index (χ2n) is 6.23. The van der Waals surface area contributed by atoms with Gasteiger partial charge in [-0.15, -0.1) is 0 Å². The molecule has 2 heterocycles. The Bertz CT molecular complexity index is 1160. The van der Waals surface area contributed by atoms with E-state index in [2.05, 4.69) is 27.0 Å². The number of hydrogen-bond acceptors (Lipinski definition) is 6. The van der Waals surface area contributed by atoms with Crippen molar-refractivity contribution in [3.63, 3.8) is 0 Å². The van der Waals surface area contributed by atoms with Crippen LogP contribution in [0, 0.1) is 22.7 Å². The first-order chi connectivity index (χ1) is 15.0. The molecule has 0 saturated carbocycles. The number of hydrogen-bond donors (Lipinski definition) is 0. The van der Waals surface area contributed by atoms with Crippen LogP contribution in [0.15, 0.2) is 48.8 Å².